The zero-order valence-corrected chi connectivity index (χ0v) is 20.5. The summed E-state index contributed by atoms with van der Waals surface area (Å²) in [5.74, 6) is -42.6. The van der Waals surface area contributed by atoms with Crippen LogP contribution in [0.15, 0.2) is 12.1 Å². The van der Waals surface area contributed by atoms with Gasteiger partial charge in [0.05, 0.1) is 7.14 Å². The van der Waals surface area contributed by atoms with Crippen LogP contribution in [0.3, 0.4) is 0 Å². The quantitative estimate of drug-likeness (QED) is 0.248. The summed E-state index contributed by atoms with van der Waals surface area (Å²) in [5, 5.41) is 16.9. The van der Waals surface area contributed by atoms with Crippen molar-refractivity contribution in [1.29, 1.82) is 0 Å². The highest BCUT2D eigenvalue weighted by Gasteiger charge is 2.91. The van der Waals surface area contributed by atoms with Crippen molar-refractivity contribution in [3.8, 4) is 5.75 Å². The van der Waals surface area contributed by atoms with Crippen LogP contribution < -0.4 is 0 Å². The average molecular weight is 836 g/mol. The fourth-order valence-electron chi connectivity index (χ4n) is 1.44. The average Bonchev–Trinajstić information content (AvgIpc) is 2.58. The number of hydrogen-bond donors (Lipinski definition) is 2. The molecule has 1 rings (SSSR count). The number of hydrogen-bond acceptors (Lipinski definition) is 2. The molecule has 0 aliphatic rings. The van der Waals surface area contributed by atoms with E-state index in [4.69, 9.17) is 5.11 Å². The largest absolute Gasteiger partial charge is 0.506 e. The molecule has 186 valence electrons. The number of alkyl halides is 13. The smallest absolute Gasteiger partial charge is 0.460 e. The third-order valence-electron chi connectivity index (χ3n) is 3.18. The Labute approximate surface area is 209 Å². The molecular formula is C13H4F13I3O3. The number of benzene rings is 1. The van der Waals surface area contributed by atoms with Gasteiger partial charge in [-0.05, 0) is 79.9 Å². The second kappa shape index (κ2) is 9.79. The number of phenols is 1. The number of halogens is 16. The second-order valence-electron chi connectivity index (χ2n) is 5.39. The zero-order chi connectivity index (χ0) is 26.3. The van der Waals surface area contributed by atoms with Gasteiger partial charge in [0, 0.05) is 3.57 Å². The Hall–Kier alpha value is -0.230. The Morgan fingerprint density at radius 3 is 1.25 bits per heavy atom. The topological polar surface area (TPSA) is 57.5 Å². The van der Waals surface area contributed by atoms with Crippen molar-refractivity contribution in [2.24, 2.45) is 0 Å². The van der Waals surface area contributed by atoms with Gasteiger partial charge in [-0.2, -0.15) is 57.1 Å². The molecule has 1 aromatic rings. The molecule has 32 heavy (non-hydrogen) atoms. The highest BCUT2D eigenvalue weighted by molar-refractivity contribution is 14.1. The summed E-state index contributed by atoms with van der Waals surface area (Å²) in [6, 6.07) is 3.89. The van der Waals surface area contributed by atoms with Crippen LogP contribution in [0.25, 0.3) is 0 Å². The van der Waals surface area contributed by atoms with E-state index < -0.39 is 41.8 Å². The number of aromatic hydroxyl groups is 1. The summed E-state index contributed by atoms with van der Waals surface area (Å²) < 4.78 is 162. The third kappa shape index (κ3) is 5.53. The van der Waals surface area contributed by atoms with E-state index in [-0.39, 0.29) is 0 Å². The summed E-state index contributed by atoms with van der Waals surface area (Å²) in [5.41, 5.74) is 0. The number of phenolic OH excluding ortho intramolecular Hbond substituents is 1. The number of carboxylic acids is 1. The summed E-state index contributed by atoms with van der Waals surface area (Å²) in [6.45, 7) is 0. The maximum absolute atomic E-state index is 12.6. The lowest BCUT2D eigenvalue weighted by atomic mass is 9.94. The molecule has 0 saturated heterocycles. The summed E-state index contributed by atoms with van der Waals surface area (Å²) in [7, 11) is 0. The van der Waals surface area contributed by atoms with Gasteiger partial charge in [0.2, 0.25) is 0 Å². The van der Waals surface area contributed by atoms with E-state index in [9.17, 15) is 67.0 Å². The highest BCUT2D eigenvalue weighted by atomic mass is 127. The van der Waals surface area contributed by atoms with Crippen molar-refractivity contribution in [2.75, 3.05) is 0 Å². The van der Waals surface area contributed by atoms with E-state index in [1.807, 2.05) is 12.1 Å². The summed E-state index contributed by atoms with van der Waals surface area (Å²) >= 11 is 6.46. The Bertz CT molecular complexity index is 832. The zero-order valence-electron chi connectivity index (χ0n) is 14.0. The molecule has 19 heteroatoms. The van der Waals surface area contributed by atoms with E-state index in [1.54, 1.807) is 0 Å². The van der Waals surface area contributed by atoms with Gasteiger partial charge < -0.3 is 10.2 Å². The molecule has 0 bridgehead atoms. The minimum absolute atomic E-state index is 0.390. The van der Waals surface area contributed by atoms with Gasteiger partial charge in [-0.15, -0.1) is 0 Å². The Kier molecular flexibility index (Phi) is 9.72. The van der Waals surface area contributed by atoms with Gasteiger partial charge in [0.1, 0.15) is 5.75 Å². The Morgan fingerprint density at radius 1 is 0.656 bits per heavy atom. The molecule has 2 N–H and O–H groups in total. The summed E-state index contributed by atoms with van der Waals surface area (Å²) in [4.78, 5) is 9.67. The molecule has 0 radical (unpaired) electrons. The number of carboxylic acid groups (broad SMARTS) is 1. The maximum Gasteiger partial charge on any atom is 0.460 e. The molecule has 0 saturated carbocycles. The molecule has 0 aliphatic carbocycles. The van der Waals surface area contributed by atoms with E-state index in [1.165, 1.54) is 0 Å². The summed E-state index contributed by atoms with van der Waals surface area (Å²) in [6.07, 6.45) is -7.52. The fraction of sp³-hybridized carbons (Fsp3) is 0.462. The second-order valence-corrected chi connectivity index (χ2v) is 8.96. The molecule has 1 aromatic carbocycles. The third-order valence-corrected chi connectivity index (χ3v) is 5.45. The minimum Gasteiger partial charge on any atom is -0.506 e. The first-order chi connectivity index (χ1) is 13.8. The van der Waals surface area contributed by atoms with Crippen LogP contribution >= 0.6 is 67.8 Å². The number of carbonyl (C=O) groups is 1. The first-order valence-corrected chi connectivity index (χ1v) is 10.1. The van der Waals surface area contributed by atoms with Gasteiger partial charge in [-0.25, -0.2) is 4.79 Å². The number of rotatable bonds is 5. The monoisotopic (exact) mass is 836 g/mol. The van der Waals surface area contributed by atoms with Crippen molar-refractivity contribution < 1.29 is 72.1 Å². The SMILES string of the molecule is O=C(O)C(F)(F)C(F)(F)C(F)(F)C(F)(F)C(F)(F)C(F)(F)F.Oc1c(I)cc(I)cc1I. The van der Waals surface area contributed by atoms with Crippen molar-refractivity contribution >= 4 is 73.7 Å². The molecule has 0 spiro atoms. The standard InChI is InChI=1S/C7HF13O2.C6H3I3O/c8-2(9,1(21)22)3(10,11)4(12,13)5(14,15)6(16,17)7(18,19)20;7-3-1-4(8)6(10)5(9)2-3/h(H,21,22);1-2,10H. The van der Waals surface area contributed by atoms with Gasteiger partial charge >= 0.3 is 41.8 Å². The van der Waals surface area contributed by atoms with E-state index in [0.717, 1.165) is 10.7 Å². The van der Waals surface area contributed by atoms with Gasteiger partial charge in [0.25, 0.3) is 0 Å². The lowest BCUT2D eigenvalue weighted by molar-refractivity contribution is -0.436. The molecule has 0 aromatic heterocycles. The van der Waals surface area contributed by atoms with Crippen molar-refractivity contribution in [3.63, 3.8) is 0 Å². The predicted molar refractivity (Wildman–Crippen MR) is 105 cm³/mol. The van der Waals surface area contributed by atoms with Crippen LogP contribution in [0.4, 0.5) is 57.1 Å². The Balaban J connectivity index is 0.000000792. The van der Waals surface area contributed by atoms with Crippen LogP contribution in [0, 0.1) is 10.7 Å². The lowest BCUT2D eigenvalue weighted by Crippen LogP contribution is -2.71. The minimum atomic E-state index is -8.08. The van der Waals surface area contributed by atoms with Crippen LogP contribution in [0.2, 0.25) is 0 Å². The first-order valence-electron chi connectivity index (χ1n) is 6.83. The Morgan fingerprint density at radius 2 is 0.969 bits per heavy atom. The van der Waals surface area contributed by atoms with Crippen LogP contribution in [0.1, 0.15) is 0 Å². The normalized spacial score (nSPS) is 14.0. The molecule has 3 nitrogen and oxygen atoms in total. The fourth-order valence-corrected chi connectivity index (χ4v) is 5.02. The van der Waals surface area contributed by atoms with E-state index in [2.05, 4.69) is 67.8 Å². The predicted octanol–water partition coefficient (Wildman–Crippen LogP) is 7.02. The number of aliphatic carboxylic acids is 1. The molecule has 0 atom stereocenters. The van der Waals surface area contributed by atoms with E-state index >= 15 is 0 Å². The molecule has 0 heterocycles. The van der Waals surface area contributed by atoms with E-state index in [0.29, 0.717) is 5.75 Å². The van der Waals surface area contributed by atoms with Gasteiger partial charge in [-0.1, -0.05) is 0 Å². The van der Waals surface area contributed by atoms with Gasteiger partial charge in [-0.3, -0.25) is 0 Å². The van der Waals surface area contributed by atoms with Gasteiger partial charge in [0.15, 0.2) is 0 Å². The lowest BCUT2D eigenvalue weighted by Gasteiger charge is -2.38. The van der Waals surface area contributed by atoms with Crippen molar-refractivity contribution in [3.05, 3.63) is 22.8 Å². The van der Waals surface area contributed by atoms with Crippen LogP contribution in [0.5, 0.6) is 5.75 Å². The van der Waals surface area contributed by atoms with Crippen LogP contribution in [-0.2, 0) is 4.79 Å². The molecule has 0 aliphatic heterocycles. The van der Waals surface area contributed by atoms with Crippen molar-refractivity contribution in [2.45, 2.75) is 35.8 Å². The highest BCUT2D eigenvalue weighted by Crippen LogP contribution is 2.60. The molecule has 0 unspecified atom stereocenters. The van der Waals surface area contributed by atoms with Crippen LogP contribution in [-0.4, -0.2) is 52.0 Å². The molecule has 0 fully saturated rings. The maximum atomic E-state index is 12.6. The molecule has 0 amide bonds. The molecular weight excluding hydrogens is 832 g/mol. The first kappa shape index (κ1) is 31.8. The van der Waals surface area contributed by atoms with Crippen molar-refractivity contribution in [1.82, 2.24) is 0 Å².